The minimum absolute atomic E-state index is 0.263. The van der Waals surface area contributed by atoms with Crippen LogP contribution in [0.4, 0.5) is 0 Å². The summed E-state index contributed by atoms with van der Waals surface area (Å²) in [6, 6.07) is 7.76. The van der Waals surface area contributed by atoms with Crippen molar-refractivity contribution in [2.45, 2.75) is 25.7 Å². The molecule has 1 aliphatic heterocycles. The highest BCUT2D eigenvalue weighted by Gasteiger charge is 2.20. The van der Waals surface area contributed by atoms with E-state index in [0.717, 1.165) is 42.9 Å². The Morgan fingerprint density at radius 2 is 2.00 bits per heavy atom. The molecule has 0 amide bonds. The quantitative estimate of drug-likeness (QED) is 0.892. The Morgan fingerprint density at radius 3 is 2.71 bits per heavy atom. The lowest BCUT2D eigenvalue weighted by atomic mass is 9.90. The molecule has 1 saturated heterocycles. The Labute approximate surface area is 107 Å². The Bertz CT molecular complexity index is 386. The zero-order valence-electron chi connectivity index (χ0n) is 9.92. The van der Waals surface area contributed by atoms with Crippen molar-refractivity contribution in [2.75, 3.05) is 13.1 Å². The Hall–Kier alpha value is -0.860. The van der Waals surface area contributed by atoms with Crippen molar-refractivity contribution in [3.63, 3.8) is 0 Å². The van der Waals surface area contributed by atoms with E-state index >= 15 is 0 Å². The van der Waals surface area contributed by atoms with Gasteiger partial charge in [0.05, 0.1) is 0 Å². The topological polar surface area (TPSA) is 29.1 Å². The number of Topliss-reactive ketones (excluding diaryl/α,β-unsaturated/α-hetero) is 1. The fourth-order valence-corrected chi connectivity index (χ4v) is 2.54. The van der Waals surface area contributed by atoms with Gasteiger partial charge in [-0.25, -0.2) is 0 Å². The van der Waals surface area contributed by atoms with Gasteiger partial charge in [0.2, 0.25) is 0 Å². The number of carbonyl (C=O) groups excluding carboxylic acids is 1. The van der Waals surface area contributed by atoms with Crippen LogP contribution >= 0.6 is 11.6 Å². The highest BCUT2D eigenvalue weighted by Crippen LogP contribution is 2.20. The van der Waals surface area contributed by atoms with E-state index in [1.807, 2.05) is 24.3 Å². The number of carbonyl (C=O) groups is 1. The van der Waals surface area contributed by atoms with Crippen molar-refractivity contribution in [1.82, 2.24) is 5.32 Å². The van der Waals surface area contributed by atoms with Crippen molar-refractivity contribution < 1.29 is 4.79 Å². The van der Waals surface area contributed by atoms with E-state index in [4.69, 9.17) is 11.6 Å². The third-order valence-corrected chi connectivity index (χ3v) is 3.76. The maximum Gasteiger partial charge on any atom is 0.136 e. The molecule has 1 aromatic carbocycles. The molecule has 0 radical (unpaired) electrons. The maximum absolute atomic E-state index is 12.0. The van der Waals surface area contributed by atoms with E-state index in [1.54, 1.807) is 0 Å². The Balaban J connectivity index is 1.85. The van der Waals surface area contributed by atoms with Gasteiger partial charge in [0.15, 0.2) is 0 Å². The zero-order chi connectivity index (χ0) is 12.1. The van der Waals surface area contributed by atoms with E-state index in [2.05, 4.69) is 5.32 Å². The summed E-state index contributed by atoms with van der Waals surface area (Å²) in [5, 5.41) is 4.05. The van der Waals surface area contributed by atoms with Crippen LogP contribution in [0.15, 0.2) is 24.3 Å². The van der Waals surface area contributed by atoms with Gasteiger partial charge in [0.1, 0.15) is 5.78 Å². The highest BCUT2D eigenvalue weighted by molar-refractivity contribution is 6.31. The lowest BCUT2D eigenvalue weighted by Crippen LogP contribution is -2.31. The second-order valence-corrected chi connectivity index (χ2v) is 4.99. The summed E-state index contributed by atoms with van der Waals surface area (Å²) in [5.74, 6) is 0.658. The Kier molecular flexibility index (Phi) is 4.57. The van der Waals surface area contributed by atoms with Gasteiger partial charge in [-0.2, -0.15) is 0 Å². The molecule has 0 unspecified atom stereocenters. The van der Waals surface area contributed by atoms with E-state index in [9.17, 15) is 4.79 Å². The fraction of sp³-hybridized carbons (Fsp3) is 0.500. The predicted molar refractivity (Wildman–Crippen MR) is 70.4 cm³/mol. The number of nitrogens with one attached hydrogen (secondary N) is 1. The molecule has 0 aliphatic carbocycles. The summed E-state index contributed by atoms with van der Waals surface area (Å²) in [4.78, 5) is 12.0. The molecular weight excluding hydrogens is 234 g/mol. The third kappa shape index (κ3) is 3.55. The normalized spacial score (nSPS) is 17.0. The largest absolute Gasteiger partial charge is 0.317 e. The van der Waals surface area contributed by atoms with Crippen LogP contribution in [0.3, 0.4) is 0 Å². The maximum atomic E-state index is 12.0. The minimum atomic E-state index is 0.263. The number of benzene rings is 1. The third-order valence-electron chi connectivity index (χ3n) is 3.39. The second kappa shape index (κ2) is 6.18. The van der Waals surface area contributed by atoms with Crippen LogP contribution in [0.2, 0.25) is 5.02 Å². The smallest absolute Gasteiger partial charge is 0.136 e. The summed E-state index contributed by atoms with van der Waals surface area (Å²) >= 11 is 6.07. The van der Waals surface area contributed by atoms with Crippen molar-refractivity contribution in [1.29, 1.82) is 0 Å². The first kappa shape index (κ1) is 12.6. The summed E-state index contributed by atoms with van der Waals surface area (Å²) in [6.45, 7) is 1.95. The monoisotopic (exact) mass is 251 g/mol. The van der Waals surface area contributed by atoms with Gasteiger partial charge in [0.25, 0.3) is 0 Å². The molecule has 3 heteroatoms. The number of piperidine rings is 1. The average Bonchev–Trinajstić information content (AvgIpc) is 2.38. The van der Waals surface area contributed by atoms with E-state index in [1.165, 1.54) is 0 Å². The van der Waals surface area contributed by atoms with Crippen molar-refractivity contribution in [3.8, 4) is 0 Å². The van der Waals surface area contributed by atoms with Crippen molar-refractivity contribution in [2.24, 2.45) is 5.92 Å². The number of hydrogen-bond donors (Lipinski definition) is 1. The van der Waals surface area contributed by atoms with Crippen LogP contribution in [-0.4, -0.2) is 18.9 Å². The van der Waals surface area contributed by atoms with E-state index in [-0.39, 0.29) is 5.92 Å². The van der Waals surface area contributed by atoms with Gasteiger partial charge in [0, 0.05) is 17.4 Å². The molecule has 0 spiro atoms. The molecule has 92 valence electrons. The van der Waals surface area contributed by atoms with Crippen LogP contribution in [0.1, 0.15) is 24.8 Å². The number of aryl methyl sites for hydroxylation is 1. The van der Waals surface area contributed by atoms with Crippen molar-refractivity contribution >= 4 is 17.4 Å². The molecule has 0 bridgehead atoms. The second-order valence-electron chi connectivity index (χ2n) is 4.58. The van der Waals surface area contributed by atoms with Crippen LogP contribution < -0.4 is 5.32 Å². The molecule has 1 aliphatic rings. The zero-order valence-corrected chi connectivity index (χ0v) is 10.7. The van der Waals surface area contributed by atoms with E-state index in [0.29, 0.717) is 12.2 Å². The van der Waals surface area contributed by atoms with Gasteiger partial charge in [-0.1, -0.05) is 29.8 Å². The highest BCUT2D eigenvalue weighted by atomic mass is 35.5. The number of halogens is 1. The molecule has 2 nitrogen and oxygen atoms in total. The SMILES string of the molecule is O=C(CCc1ccccc1Cl)C1CCNCC1. The lowest BCUT2D eigenvalue weighted by molar-refractivity contribution is -0.123. The first-order valence-corrected chi connectivity index (χ1v) is 6.62. The fourth-order valence-electron chi connectivity index (χ4n) is 2.31. The predicted octanol–water partition coefficient (Wildman–Crippen LogP) is 2.84. The molecule has 1 heterocycles. The van der Waals surface area contributed by atoms with Gasteiger partial charge in [-0.3, -0.25) is 4.79 Å². The van der Waals surface area contributed by atoms with Crippen LogP contribution in [0, 0.1) is 5.92 Å². The molecule has 1 aromatic rings. The van der Waals surface area contributed by atoms with Crippen molar-refractivity contribution in [3.05, 3.63) is 34.9 Å². The summed E-state index contributed by atoms with van der Waals surface area (Å²) < 4.78 is 0. The molecular formula is C14H18ClNO. The molecule has 0 aromatic heterocycles. The summed E-state index contributed by atoms with van der Waals surface area (Å²) in [5.41, 5.74) is 1.08. The van der Waals surface area contributed by atoms with Crippen LogP contribution in [0.25, 0.3) is 0 Å². The summed E-state index contributed by atoms with van der Waals surface area (Å²) in [7, 11) is 0. The van der Waals surface area contributed by atoms with Crippen LogP contribution in [-0.2, 0) is 11.2 Å². The van der Waals surface area contributed by atoms with Gasteiger partial charge in [-0.15, -0.1) is 0 Å². The first-order chi connectivity index (χ1) is 8.27. The van der Waals surface area contributed by atoms with Gasteiger partial charge in [-0.05, 0) is 44.0 Å². The minimum Gasteiger partial charge on any atom is -0.317 e. The number of ketones is 1. The molecule has 1 fully saturated rings. The first-order valence-electron chi connectivity index (χ1n) is 6.24. The van der Waals surface area contributed by atoms with Gasteiger partial charge >= 0.3 is 0 Å². The lowest BCUT2D eigenvalue weighted by Gasteiger charge is -2.21. The molecule has 2 rings (SSSR count). The molecule has 1 N–H and O–H groups in total. The van der Waals surface area contributed by atoms with Gasteiger partial charge < -0.3 is 5.32 Å². The Morgan fingerprint density at radius 1 is 1.29 bits per heavy atom. The number of rotatable bonds is 4. The standard InChI is InChI=1S/C14H18ClNO/c15-13-4-2-1-3-11(13)5-6-14(17)12-7-9-16-10-8-12/h1-4,12,16H,5-10H2. The van der Waals surface area contributed by atoms with E-state index < -0.39 is 0 Å². The summed E-state index contributed by atoms with van der Waals surface area (Å²) in [6.07, 6.45) is 3.36. The molecule has 17 heavy (non-hydrogen) atoms. The molecule has 0 atom stereocenters. The number of hydrogen-bond acceptors (Lipinski definition) is 2. The van der Waals surface area contributed by atoms with Crippen LogP contribution in [0.5, 0.6) is 0 Å². The average molecular weight is 252 g/mol. The molecule has 0 saturated carbocycles.